The lowest BCUT2D eigenvalue weighted by Crippen LogP contribution is -2.54. The molecule has 0 bridgehead atoms. The number of aromatic amines is 1. The van der Waals surface area contributed by atoms with Gasteiger partial charge in [-0.2, -0.15) is 9.50 Å². The van der Waals surface area contributed by atoms with Crippen LogP contribution in [0.1, 0.15) is 62.6 Å². The molecule has 2 aliphatic carbocycles. The SMILES string of the molecule is O=C(NCC1(c2ccc(Cl)cc2)CCC1)C1(OCc2cc(=O)n3nc(-c4ccccc4)nc3[nH]2)CCCCC1. The molecule has 0 atom stereocenters. The quantitative estimate of drug-likeness (QED) is 0.317. The molecule has 0 spiro atoms. The van der Waals surface area contributed by atoms with Crippen LogP contribution < -0.4 is 10.9 Å². The normalized spacial score (nSPS) is 18.0. The number of amides is 1. The molecule has 0 unspecified atom stereocenters. The van der Waals surface area contributed by atoms with Crippen molar-refractivity contribution in [1.29, 1.82) is 0 Å². The molecule has 0 aliphatic heterocycles. The molecule has 2 heterocycles. The molecule has 4 aromatic rings. The highest BCUT2D eigenvalue weighted by atomic mass is 35.5. The summed E-state index contributed by atoms with van der Waals surface area (Å²) in [4.78, 5) is 34.2. The van der Waals surface area contributed by atoms with Crippen molar-refractivity contribution in [3.8, 4) is 11.4 Å². The van der Waals surface area contributed by atoms with Crippen molar-refractivity contribution in [2.45, 2.75) is 69.0 Å². The van der Waals surface area contributed by atoms with Gasteiger partial charge in [-0.25, -0.2) is 0 Å². The van der Waals surface area contributed by atoms with Gasteiger partial charge in [-0.3, -0.25) is 9.59 Å². The van der Waals surface area contributed by atoms with Crippen LogP contribution in [0.4, 0.5) is 0 Å². The van der Waals surface area contributed by atoms with Gasteiger partial charge in [0.1, 0.15) is 5.60 Å². The topological polar surface area (TPSA) is 101 Å². The first-order chi connectivity index (χ1) is 19.0. The highest BCUT2D eigenvalue weighted by molar-refractivity contribution is 6.30. The Morgan fingerprint density at radius 2 is 1.74 bits per heavy atom. The molecule has 39 heavy (non-hydrogen) atoms. The molecule has 2 aromatic carbocycles. The third-order valence-corrected chi connectivity index (χ3v) is 8.60. The number of ether oxygens (including phenoxy) is 1. The predicted molar refractivity (Wildman–Crippen MR) is 150 cm³/mol. The summed E-state index contributed by atoms with van der Waals surface area (Å²) in [5.74, 6) is 0.743. The zero-order chi connectivity index (χ0) is 26.9. The van der Waals surface area contributed by atoms with E-state index in [0.29, 0.717) is 41.7 Å². The zero-order valence-corrected chi connectivity index (χ0v) is 22.5. The van der Waals surface area contributed by atoms with Crippen LogP contribution in [0, 0.1) is 0 Å². The van der Waals surface area contributed by atoms with Gasteiger partial charge < -0.3 is 15.0 Å². The second kappa shape index (κ2) is 10.6. The monoisotopic (exact) mass is 545 g/mol. The molecule has 202 valence electrons. The summed E-state index contributed by atoms with van der Waals surface area (Å²) in [6, 6.07) is 19.0. The first kappa shape index (κ1) is 25.8. The largest absolute Gasteiger partial charge is 0.359 e. The molecule has 2 saturated carbocycles. The smallest absolute Gasteiger partial charge is 0.275 e. The number of benzene rings is 2. The lowest BCUT2D eigenvalue weighted by atomic mass is 9.64. The van der Waals surface area contributed by atoms with Crippen molar-refractivity contribution >= 4 is 23.3 Å². The van der Waals surface area contributed by atoms with E-state index in [1.54, 1.807) is 0 Å². The van der Waals surface area contributed by atoms with Gasteiger partial charge in [0.05, 0.1) is 6.61 Å². The Hall–Kier alpha value is -3.49. The van der Waals surface area contributed by atoms with E-state index >= 15 is 0 Å². The molecule has 2 N–H and O–H groups in total. The molecule has 8 nitrogen and oxygen atoms in total. The highest BCUT2D eigenvalue weighted by Gasteiger charge is 2.44. The maximum Gasteiger partial charge on any atom is 0.275 e. The highest BCUT2D eigenvalue weighted by Crippen LogP contribution is 2.44. The summed E-state index contributed by atoms with van der Waals surface area (Å²) < 4.78 is 7.65. The summed E-state index contributed by atoms with van der Waals surface area (Å²) in [6.45, 7) is 0.679. The second-order valence-corrected chi connectivity index (χ2v) is 11.3. The van der Waals surface area contributed by atoms with Gasteiger partial charge in [-0.1, -0.05) is 79.7 Å². The number of aromatic nitrogens is 4. The molecule has 6 rings (SSSR count). The minimum Gasteiger partial charge on any atom is -0.359 e. The number of carbonyl (C=O) groups excluding carboxylic acids is 1. The van der Waals surface area contributed by atoms with Gasteiger partial charge in [-0.05, 0) is 43.4 Å². The standard InChI is InChI=1S/C30H32ClN5O3/c31-23-12-10-22(11-13-23)29(14-7-15-29)20-32-27(38)30(16-5-2-6-17-30)39-19-24-18-25(37)36-28(33-24)34-26(35-36)21-8-3-1-4-9-21/h1,3-4,8-13,18H,2,5-7,14-17,19-20H2,(H,32,38)(H,33,34,35). The predicted octanol–water partition coefficient (Wildman–Crippen LogP) is 5.20. The number of nitrogens with one attached hydrogen (secondary N) is 2. The van der Waals surface area contributed by atoms with E-state index in [2.05, 4.69) is 32.5 Å². The molecular weight excluding hydrogens is 514 g/mol. The zero-order valence-electron chi connectivity index (χ0n) is 21.8. The lowest BCUT2D eigenvalue weighted by Gasteiger charge is -2.44. The fourth-order valence-corrected chi connectivity index (χ4v) is 6.01. The molecule has 0 saturated heterocycles. The van der Waals surface area contributed by atoms with Gasteiger partial charge in [-0.15, -0.1) is 5.10 Å². The Kier molecular flexibility index (Phi) is 6.99. The van der Waals surface area contributed by atoms with Crippen LogP contribution in [-0.4, -0.2) is 37.6 Å². The van der Waals surface area contributed by atoms with E-state index in [1.807, 2.05) is 42.5 Å². The minimum absolute atomic E-state index is 0.0590. The number of halogens is 1. The van der Waals surface area contributed by atoms with Crippen LogP contribution in [0.5, 0.6) is 0 Å². The first-order valence-corrected chi connectivity index (χ1v) is 14.1. The maximum atomic E-state index is 13.7. The summed E-state index contributed by atoms with van der Waals surface area (Å²) in [5.41, 5.74) is 1.33. The van der Waals surface area contributed by atoms with E-state index < -0.39 is 5.60 Å². The molecule has 1 amide bonds. The van der Waals surface area contributed by atoms with Crippen molar-refractivity contribution in [2.75, 3.05) is 6.54 Å². The van der Waals surface area contributed by atoms with Crippen molar-refractivity contribution in [3.05, 3.63) is 87.3 Å². The number of hydrogen-bond acceptors (Lipinski definition) is 5. The number of H-pyrrole nitrogens is 1. The van der Waals surface area contributed by atoms with Crippen LogP contribution in [0.25, 0.3) is 17.2 Å². The van der Waals surface area contributed by atoms with Gasteiger partial charge in [0.25, 0.3) is 11.5 Å². The van der Waals surface area contributed by atoms with Crippen LogP contribution in [0.15, 0.2) is 65.5 Å². The molecular formula is C30H32ClN5O3. The number of hydrogen-bond donors (Lipinski definition) is 2. The maximum absolute atomic E-state index is 13.7. The Bertz CT molecular complexity index is 1520. The third-order valence-electron chi connectivity index (χ3n) is 8.35. The number of fused-ring (bicyclic) bond motifs is 1. The Morgan fingerprint density at radius 3 is 2.44 bits per heavy atom. The molecule has 9 heteroatoms. The summed E-state index contributed by atoms with van der Waals surface area (Å²) in [6.07, 6.45) is 7.46. The number of carbonyl (C=O) groups is 1. The molecule has 2 aromatic heterocycles. The number of nitrogens with zero attached hydrogens (tertiary/aromatic N) is 3. The summed E-state index contributed by atoms with van der Waals surface area (Å²) in [5, 5.41) is 8.32. The van der Waals surface area contributed by atoms with E-state index in [4.69, 9.17) is 16.3 Å². The minimum atomic E-state index is -0.922. The van der Waals surface area contributed by atoms with Crippen molar-refractivity contribution < 1.29 is 9.53 Å². The van der Waals surface area contributed by atoms with Gasteiger partial charge in [0.2, 0.25) is 5.78 Å². The Labute approximate surface area is 231 Å². The van der Waals surface area contributed by atoms with Gasteiger partial charge in [0.15, 0.2) is 5.82 Å². The van der Waals surface area contributed by atoms with Crippen LogP contribution in [0.3, 0.4) is 0 Å². The molecule has 2 aliphatic rings. The van der Waals surface area contributed by atoms with Crippen molar-refractivity contribution in [1.82, 2.24) is 24.9 Å². The Morgan fingerprint density at radius 1 is 1.00 bits per heavy atom. The first-order valence-electron chi connectivity index (χ1n) is 13.7. The second-order valence-electron chi connectivity index (χ2n) is 10.8. The van der Waals surface area contributed by atoms with E-state index in [1.165, 1.54) is 16.1 Å². The fraction of sp³-hybridized carbons (Fsp3) is 0.400. The molecule has 0 radical (unpaired) electrons. The van der Waals surface area contributed by atoms with Crippen molar-refractivity contribution in [2.24, 2.45) is 0 Å². The summed E-state index contributed by atoms with van der Waals surface area (Å²) in [7, 11) is 0. The van der Waals surface area contributed by atoms with Crippen molar-refractivity contribution in [3.63, 3.8) is 0 Å². The van der Waals surface area contributed by atoms with Gasteiger partial charge >= 0.3 is 0 Å². The average Bonchev–Trinajstić information content (AvgIpc) is 3.38. The van der Waals surface area contributed by atoms with E-state index in [9.17, 15) is 9.59 Å². The van der Waals surface area contributed by atoms with Crippen LogP contribution in [0.2, 0.25) is 5.02 Å². The fourth-order valence-electron chi connectivity index (χ4n) is 5.88. The number of rotatable bonds is 8. The van der Waals surface area contributed by atoms with E-state index in [-0.39, 0.29) is 23.5 Å². The van der Waals surface area contributed by atoms with Gasteiger partial charge in [0, 0.05) is 34.3 Å². The molecule has 2 fully saturated rings. The average molecular weight is 546 g/mol. The Balaban J connectivity index is 1.19. The van der Waals surface area contributed by atoms with Crippen LogP contribution in [-0.2, 0) is 21.6 Å². The summed E-state index contributed by atoms with van der Waals surface area (Å²) >= 11 is 6.11. The van der Waals surface area contributed by atoms with Crippen LogP contribution >= 0.6 is 11.6 Å². The lowest BCUT2D eigenvalue weighted by molar-refractivity contribution is -0.155. The van der Waals surface area contributed by atoms with E-state index in [0.717, 1.165) is 44.1 Å². The third kappa shape index (κ3) is 5.11.